The summed E-state index contributed by atoms with van der Waals surface area (Å²) < 4.78 is 0.589. The van der Waals surface area contributed by atoms with E-state index in [2.05, 4.69) is 26.6 Å². The predicted molar refractivity (Wildman–Crippen MR) is 81.2 cm³/mol. The minimum Gasteiger partial charge on any atom is -0.480 e. The lowest BCUT2D eigenvalue weighted by atomic mass is 10.1. The van der Waals surface area contributed by atoms with Crippen LogP contribution in [0.2, 0.25) is 5.02 Å². The minimum atomic E-state index is -1.25. The van der Waals surface area contributed by atoms with E-state index < -0.39 is 23.9 Å². The number of benzene rings is 1. The third-order valence-electron chi connectivity index (χ3n) is 2.46. The third-order valence-corrected chi connectivity index (χ3v) is 3.39. The number of aliphatic carboxylic acids is 1. The molecule has 114 valence electrons. The van der Waals surface area contributed by atoms with Crippen molar-refractivity contribution in [1.29, 1.82) is 0 Å². The minimum absolute atomic E-state index is 0.0885. The molecular formula is C12H13BrClN3O4. The van der Waals surface area contributed by atoms with Gasteiger partial charge in [-0.25, -0.2) is 9.59 Å². The molecule has 0 aliphatic rings. The maximum atomic E-state index is 11.8. The molecule has 0 spiro atoms. The van der Waals surface area contributed by atoms with E-state index in [9.17, 15) is 14.4 Å². The molecule has 5 N–H and O–H groups in total. The molecule has 0 saturated heterocycles. The average Bonchev–Trinajstić information content (AvgIpc) is 2.38. The number of urea groups is 1. The van der Waals surface area contributed by atoms with E-state index in [1.165, 1.54) is 6.07 Å². The quantitative estimate of drug-likeness (QED) is 0.604. The molecule has 0 radical (unpaired) electrons. The van der Waals surface area contributed by atoms with Gasteiger partial charge in [0.2, 0.25) is 5.91 Å². The fourth-order valence-electron chi connectivity index (χ4n) is 1.45. The smallest absolute Gasteiger partial charge is 0.326 e. The van der Waals surface area contributed by atoms with Gasteiger partial charge in [0.1, 0.15) is 6.04 Å². The van der Waals surface area contributed by atoms with E-state index in [-0.39, 0.29) is 12.8 Å². The van der Waals surface area contributed by atoms with Crippen molar-refractivity contribution >= 4 is 51.1 Å². The maximum Gasteiger partial charge on any atom is 0.326 e. The van der Waals surface area contributed by atoms with Gasteiger partial charge in [-0.2, -0.15) is 0 Å². The molecule has 0 unspecified atom stereocenters. The van der Waals surface area contributed by atoms with E-state index in [1.807, 2.05) is 0 Å². The summed E-state index contributed by atoms with van der Waals surface area (Å²) in [4.78, 5) is 33.4. The summed E-state index contributed by atoms with van der Waals surface area (Å²) in [6.07, 6.45) is -0.229. The second-order valence-corrected chi connectivity index (χ2v) is 5.41. The highest BCUT2D eigenvalue weighted by molar-refractivity contribution is 9.10. The molecule has 0 aliphatic heterocycles. The van der Waals surface area contributed by atoms with Gasteiger partial charge in [-0.15, -0.1) is 0 Å². The molecule has 0 aliphatic carbocycles. The monoisotopic (exact) mass is 377 g/mol. The number of halogens is 2. The number of hydrogen-bond donors (Lipinski definition) is 4. The molecule has 0 fully saturated rings. The number of hydrogen-bond acceptors (Lipinski definition) is 3. The molecule has 0 heterocycles. The van der Waals surface area contributed by atoms with Gasteiger partial charge in [0.15, 0.2) is 0 Å². The number of nitrogens with one attached hydrogen (secondary N) is 2. The maximum absolute atomic E-state index is 11.8. The van der Waals surface area contributed by atoms with Gasteiger partial charge in [-0.3, -0.25) is 4.79 Å². The average molecular weight is 379 g/mol. The molecule has 7 nitrogen and oxygen atoms in total. The SMILES string of the molecule is NC(=O)CC[C@H](NC(=O)Nc1cc(Cl)ccc1Br)C(=O)O. The third kappa shape index (κ3) is 6.01. The first-order chi connectivity index (χ1) is 9.79. The van der Waals surface area contributed by atoms with Crippen LogP contribution in [0.3, 0.4) is 0 Å². The van der Waals surface area contributed by atoms with Gasteiger partial charge in [0.05, 0.1) is 5.69 Å². The van der Waals surface area contributed by atoms with Gasteiger partial charge in [-0.05, 0) is 40.5 Å². The highest BCUT2D eigenvalue weighted by Gasteiger charge is 2.20. The Kier molecular flexibility index (Phi) is 6.44. The lowest BCUT2D eigenvalue weighted by Crippen LogP contribution is -2.43. The first-order valence-electron chi connectivity index (χ1n) is 5.83. The highest BCUT2D eigenvalue weighted by Crippen LogP contribution is 2.25. The Hall–Kier alpha value is -1.80. The second-order valence-electron chi connectivity index (χ2n) is 4.12. The Morgan fingerprint density at radius 1 is 1.38 bits per heavy atom. The van der Waals surface area contributed by atoms with E-state index >= 15 is 0 Å². The zero-order valence-electron chi connectivity index (χ0n) is 10.7. The fourth-order valence-corrected chi connectivity index (χ4v) is 1.97. The van der Waals surface area contributed by atoms with Crippen molar-refractivity contribution in [3.05, 3.63) is 27.7 Å². The summed E-state index contributed by atoms with van der Waals surface area (Å²) in [5.74, 6) is -1.89. The number of primary amides is 1. The number of amides is 3. The lowest BCUT2D eigenvalue weighted by molar-refractivity contribution is -0.139. The Labute approximate surface area is 134 Å². The molecular weight excluding hydrogens is 366 g/mol. The van der Waals surface area contributed by atoms with Gasteiger partial charge in [0.25, 0.3) is 0 Å². The van der Waals surface area contributed by atoms with Gasteiger partial charge in [0, 0.05) is 15.9 Å². The number of carboxylic acids is 1. The van der Waals surface area contributed by atoms with Crippen molar-refractivity contribution in [2.75, 3.05) is 5.32 Å². The molecule has 1 rings (SSSR count). The summed E-state index contributed by atoms with van der Waals surface area (Å²) in [7, 11) is 0. The van der Waals surface area contributed by atoms with Crippen LogP contribution in [0.5, 0.6) is 0 Å². The predicted octanol–water partition coefficient (Wildman–Crippen LogP) is 1.94. The molecule has 1 aromatic rings. The first kappa shape index (κ1) is 17.3. The molecule has 0 aromatic heterocycles. The number of carboxylic acid groups (broad SMARTS) is 1. The Balaban J connectivity index is 2.67. The molecule has 1 aromatic carbocycles. The van der Waals surface area contributed by atoms with Crippen molar-refractivity contribution in [2.45, 2.75) is 18.9 Å². The summed E-state index contributed by atoms with van der Waals surface area (Å²) in [6.45, 7) is 0. The van der Waals surface area contributed by atoms with Crippen molar-refractivity contribution in [2.24, 2.45) is 5.73 Å². The van der Waals surface area contributed by atoms with Crippen LogP contribution in [0, 0.1) is 0 Å². The molecule has 1 atom stereocenters. The largest absolute Gasteiger partial charge is 0.480 e. The zero-order chi connectivity index (χ0) is 16.0. The van der Waals surface area contributed by atoms with Gasteiger partial charge >= 0.3 is 12.0 Å². The summed E-state index contributed by atoms with van der Waals surface area (Å²) in [6, 6.07) is 2.83. The van der Waals surface area contributed by atoms with Crippen LogP contribution in [0.25, 0.3) is 0 Å². The van der Waals surface area contributed by atoms with Crippen molar-refractivity contribution in [1.82, 2.24) is 5.32 Å². The van der Waals surface area contributed by atoms with Crippen LogP contribution in [0.4, 0.5) is 10.5 Å². The number of carbonyl (C=O) groups excluding carboxylic acids is 2. The van der Waals surface area contributed by atoms with Crippen molar-refractivity contribution in [3.8, 4) is 0 Å². The molecule has 0 saturated carbocycles. The Morgan fingerprint density at radius 2 is 2.05 bits per heavy atom. The number of carbonyl (C=O) groups is 3. The standard InChI is InChI=1S/C12H13BrClN3O4/c13-7-2-1-6(14)5-9(7)17-12(21)16-8(11(19)20)3-4-10(15)18/h1-2,5,8H,3-4H2,(H2,15,18)(H,19,20)(H2,16,17,21)/t8-/m0/s1. The van der Waals surface area contributed by atoms with Crippen molar-refractivity contribution < 1.29 is 19.5 Å². The summed E-state index contributed by atoms with van der Waals surface area (Å²) in [5, 5.41) is 14.1. The summed E-state index contributed by atoms with van der Waals surface area (Å²) >= 11 is 9.03. The van der Waals surface area contributed by atoms with Crippen LogP contribution < -0.4 is 16.4 Å². The van der Waals surface area contributed by atoms with Crippen molar-refractivity contribution in [3.63, 3.8) is 0 Å². The molecule has 9 heteroatoms. The topological polar surface area (TPSA) is 122 Å². The van der Waals surface area contributed by atoms with E-state index in [0.29, 0.717) is 15.2 Å². The molecule has 0 bridgehead atoms. The normalized spacial score (nSPS) is 11.5. The number of anilines is 1. The van der Waals surface area contributed by atoms with Crippen LogP contribution in [-0.4, -0.2) is 29.1 Å². The van der Waals surface area contributed by atoms with Gasteiger partial charge in [-0.1, -0.05) is 11.6 Å². The first-order valence-corrected chi connectivity index (χ1v) is 7.00. The second kappa shape index (κ2) is 7.84. The highest BCUT2D eigenvalue weighted by atomic mass is 79.9. The van der Waals surface area contributed by atoms with Crippen LogP contribution in [-0.2, 0) is 9.59 Å². The van der Waals surface area contributed by atoms with E-state index in [1.54, 1.807) is 12.1 Å². The number of rotatable bonds is 6. The van der Waals surface area contributed by atoms with E-state index in [4.69, 9.17) is 22.4 Å². The molecule has 3 amide bonds. The molecule has 21 heavy (non-hydrogen) atoms. The van der Waals surface area contributed by atoms with E-state index in [0.717, 1.165) is 0 Å². The van der Waals surface area contributed by atoms with Crippen LogP contribution in [0.1, 0.15) is 12.8 Å². The Morgan fingerprint density at radius 3 is 2.62 bits per heavy atom. The summed E-state index contributed by atoms with van der Waals surface area (Å²) in [5.41, 5.74) is 5.34. The Bertz CT molecular complexity index is 567. The van der Waals surface area contributed by atoms with Crippen LogP contribution >= 0.6 is 27.5 Å². The zero-order valence-corrected chi connectivity index (χ0v) is 13.1. The van der Waals surface area contributed by atoms with Crippen LogP contribution in [0.15, 0.2) is 22.7 Å². The number of nitrogens with two attached hydrogens (primary N) is 1. The van der Waals surface area contributed by atoms with Gasteiger partial charge < -0.3 is 21.5 Å². The lowest BCUT2D eigenvalue weighted by Gasteiger charge is -2.15. The fraction of sp³-hybridized carbons (Fsp3) is 0.250.